The highest BCUT2D eigenvalue weighted by Gasteiger charge is 2.18. The van der Waals surface area contributed by atoms with Crippen LogP contribution in [-0.4, -0.2) is 29.4 Å². The topological polar surface area (TPSA) is 89.9 Å². The number of ether oxygens (including phenoxy) is 2. The lowest BCUT2D eigenvalue weighted by Gasteiger charge is -2.05. The van der Waals surface area contributed by atoms with Crippen molar-refractivity contribution >= 4 is 17.5 Å². The normalized spacial score (nSPS) is 11.9. The number of ketones is 2. The molecule has 6 heteroatoms. The van der Waals surface area contributed by atoms with Gasteiger partial charge in [0, 0.05) is 22.3 Å². The molecule has 138 valence electrons. The fraction of sp³-hybridized carbons (Fsp3) is 0.0455. The number of carboxylic acids is 1. The molecule has 3 aromatic rings. The van der Waals surface area contributed by atoms with E-state index in [0.717, 1.165) is 0 Å². The van der Waals surface area contributed by atoms with E-state index in [1.54, 1.807) is 42.5 Å². The summed E-state index contributed by atoms with van der Waals surface area (Å²) in [6.45, 7) is 0.136. The average Bonchev–Trinajstić information content (AvgIpc) is 3.21. The predicted molar refractivity (Wildman–Crippen MR) is 99.3 cm³/mol. The number of hydrogen-bond acceptors (Lipinski definition) is 5. The van der Waals surface area contributed by atoms with Gasteiger partial charge in [-0.15, -0.1) is 0 Å². The van der Waals surface area contributed by atoms with Gasteiger partial charge in [-0.1, -0.05) is 36.4 Å². The Morgan fingerprint density at radius 1 is 0.607 bits per heavy atom. The largest absolute Gasteiger partial charge is 0.478 e. The second-order valence-electron chi connectivity index (χ2n) is 6.19. The minimum absolute atomic E-state index is 0.112. The van der Waals surface area contributed by atoms with E-state index in [1.165, 1.54) is 24.3 Å². The zero-order valence-electron chi connectivity index (χ0n) is 14.5. The molecule has 28 heavy (non-hydrogen) atoms. The number of hydrogen-bond donors (Lipinski definition) is 1. The van der Waals surface area contributed by atoms with Crippen LogP contribution >= 0.6 is 0 Å². The molecule has 1 aliphatic rings. The highest BCUT2D eigenvalue weighted by Crippen LogP contribution is 2.33. The Bertz CT molecular complexity index is 1080. The van der Waals surface area contributed by atoms with Crippen molar-refractivity contribution in [3.63, 3.8) is 0 Å². The maximum absolute atomic E-state index is 12.7. The number of aromatic carboxylic acids is 1. The van der Waals surface area contributed by atoms with Gasteiger partial charge in [0.25, 0.3) is 0 Å². The van der Waals surface area contributed by atoms with E-state index in [2.05, 4.69) is 0 Å². The molecule has 4 rings (SSSR count). The fourth-order valence-corrected chi connectivity index (χ4v) is 2.91. The molecule has 0 radical (unpaired) electrons. The quantitative estimate of drug-likeness (QED) is 0.687. The van der Waals surface area contributed by atoms with Crippen molar-refractivity contribution in [2.45, 2.75) is 0 Å². The van der Waals surface area contributed by atoms with Crippen LogP contribution in [0.25, 0.3) is 0 Å². The standard InChI is InChI=1S/C22H14O6/c23-20(14-5-7-16(8-6-14)22(25)26)13-1-3-15(4-2-13)21(24)17-9-10-18-19(11-17)28-12-27-18/h1-11H,12H2,(H,25,26). The summed E-state index contributed by atoms with van der Waals surface area (Å²) in [6, 6.07) is 17.0. The van der Waals surface area contributed by atoms with Gasteiger partial charge in [-0.2, -0.15) is 0 Å². The van der Waals surface area contributed by atoms with Crippen LogP contribution in [0.2, 0.25) is 0 Å². The average molecular weight is 374 g/mol. The summed E-state index contributed by atoms with van der Waals surface area (Å²) in [5.41, 5.74) is 1.80. The van der Waals surface area contributed by atoms with Gasteiger partial charge < -0.3 is 14.6 Å². The second-order valence-corrected chi connectivity index (χ2v) is 6.19. The van der Waals surface area contributed by atoms with Crippen LogP contribution in [0.4, 0.5) is 0 Å². The molecule has 0 saturated carbocycles. The number of carbonyl (C=O) groups is 3. The molecule has 1 N–H and O–H groups in total. The fourth-order valence-electron chi connectivity index (χ4n) is 2.91. The summed E-state index contributed by atoms with van der Waals surface area (Å²) in [7, 11) is 0. The molecule has 3 aromatic carbocycles. The van der Waals surface area contributed by atoms with Crippen molar-refractivity contribution in [1.82, 2.24) is 0 Å². The van der Waals surface area contributed by atoms with E-state index in [0.29, 0.717) is 33.8 Å². The molecule has 6 nitrogen and oxygen atoms in total. The molecule has 0 aliphatic carbocycles. The van der Waals surface area contributed by atoms with Crippen LogP contribution in [0.15, 0.2) is 66.7 Å². The predicted octanol–water partition coefficient (Wildman–Crippen LogP) is 3.58. The Hall–Kier alpha value is -3.93. The third-order valence-corrected chi connectivity index (χ3v) is 4.44. The molecular weight excluding hydrogens is 360 g/mol. The number of rotatable bonds is 5. The SMILES string of the molecule is O=C(O)c1ccc(C(=O)c2ccc(C(=O)c3ccc4c(c3)OCO4)cc2)cc1. The van der Waals surface area contributed by atoms with Gasteiger partial charge in [0.1, 0.15) is 0 Å². The smallest absolute Gasteiger partial charge is 0.335 e. The first-order valence-corrected chi connectivity index (χ1v) is 8.45. The first-order chi connectivity index (χ1) is 13.5. The van der Waals surface area contributed by atoms with E-state index in [9.17, 15) is 14.4 Å². The van der Waals surface area contributed by atoms with E-state index in [1.807, 2.05) is 0 Å². The van der Waals surface area contributed by atoms with Crippen LogP contribution in [-0.2, 0) is 0 Å². The summed E-state index contributed by atoms with van der Waals surface area (Å²) < 4.78 is 10.5. The number of fused-ring (bicyclic) bond motifs is 1. The lowest BCUT2D eigenvalue weighted by molar-refractivity contribution is 0.0696. The maximum atomic E-state index is 12.7. The summed E-state index contributed by atoms with van der Waals surface area (Å²) in [5, 5.41) is 8.93. The van der Waals surface area contributed by atoms with Gasteiger partial charge >= 0.3 is 5.97 Å². The Balaban J connectivity index is 1.54. The Morgan fingerprint density at radius 2 is 1.04 bits per heavy atom. The van der Waals surface area contributed by atoms with Crippen LogP contribution in [0.3, 0.4) is 0 Å². The molecule has 0 atom stereocenters. The van der Waals surface area contributed by atoms with Gasteiger partial charge in [-0.3, -0.25) is 9.59 Å². The summed E-state index contributed by atoms with van der Waals surface area (Å²) in [4.78, 5) is 36.1. The van der Waals surface area contributed by atoms with Crippen LogP contribution < -0.4 is 9.47 Å². The third-order valence-electron chi connectivity index (χ3n) is 4.44. The lowest BCUT2D eigenvalue weighted by atomic mass is 9.98. The zero-order valence-corrected chi connectivity index (χ0v) is 14.5. The first kappa shape index (κ1) is 17.5. The van der Waals surface area contributed by atoms with E-state index in [4.69, 9.17) is 14.6 Å². The molecule has 1 aliphatic heterocycles. The van der Waals surface area contributed by atoms with Crippen molar-refractivity contribution < 1.29 is 29.0 Å². The maximum Gasteiger partial charge on any atom is 0.335 e. The van der Waals surface area contributed by atoms with Crippen molar-refractivity contribution in [1.29, 1.82) is 0 Å². The van der Waals surface area contributed by atoms with Gasteiger partial charge in [0.05, 0.1) is 5.56 Å². The van der Waals surface area contributed by atoms with E-state index < -0.39 is 5.97 Å². The molecule has 0 saturated heterocycles. The van der Waals surface area contributed by atoms with Gasteiger partial charge in [-0.05, 0) is 30.3 Å². The van der Waals surface area contributed by atoms with Crippen LogP contribution in [0.1, 0.15) is 42.2 Å². The van der Waals surface area contributed by atoms with Crippen molar-refractivity contribution in [3.05, 3.63) is 94.5 Å². The van der Waals surface area contributed by atoms with Crippen molar-refractivity contribution in [3.8, 4) is 11.5 Å². The minimum Gasteiger partial charge on any atom is -0.478 e. The van der Waals surface area contributed by atoms with Gasteiger partial charge in [0.2, 0.25) is 6.79 Å². The van der Waals surface area contributed by atoms with Gasteiger partial charge in [-0.25, -0.2) is 4.79 Å². The number of benzene rings is 3. The summed E-state index contributed by atoms with van der Waals surface area (Å²) in [5.74, 6) is -0.360. The second kappa shape index (κ2) is 7.00. The molecule has 0 aromatic heterocycles. The molecule has 0 spiro atoms. The molecule has 0 amide bonds. The Kier molecular flexibility index (Phi) is 4.37. The van der Waals surface area contributed by atoms with E-state index in [-0.39, 0.29) is 23.9 Å². The summed E-state index contributed by atoms with van der Waals surface area (Å²) in [6.07, 6.45) is 0. The molecule has 0 fully saturated rings. The molecule has 0 bridgehead atoms. The number of carbonyl (C=O) groups excluding carboxylic acids is 2. The number of carboxylic acid groups (broad SMARTS) is 1. The molecule has 1 heterocycles. The van der Waals surface area contributed by atoms with Crippen molar-refractivity contribution in [2.75, 3.05) is 6.79 Å². The van der Waals surface area contributed by atoms with Crippen LogP contribution in [0.5, 0.6) is 11.5 Å². The molecule has 0 unspecified atom stereocenters. The third kappa shape index (κ3) is 3.23. The lowest BCUT2D eigenvalue weighted by Crippen LogP contribution is -2.05. The molecular formula is C22H14O6. The first-order valence-electron chi connectivity index (χ1n) is 8.45. The summed E-state index contributed by atoms with van der Waals surface area (Å²) >= 11 is 0. The highest BCUT2D eigenvalue weighted by molar-refractivity contribution is 6.12. The van der Waals surface area contributed by atoms with Crippen LogP contribution in [0, 0.1) is 0 Å². The highest BCUT2D eigenvalue weighted by atomic mass is 16.7. The Morgan fingerprint density at radius 3 is 1.57 bits per heavy atom. The minimum atomic E-state index is -1.05. The monoisotopic (exact) mass is 374 g/mol. The zero-order chi connectivity index (χ0) is 19.7. The Labute approximate surface area is 160 Å². The van der Waals surface area contributed by atoms with E-state index >= 15 is 0 Å². The van der Waals surface area contributed by atoms with Gasteiger partial charge in [0.15, 0.2) is 23.1 Å². The van der Waals surface area contributed by atoms with Crippen molar-refractivity contribution in [2.24, 2.45) is 0 Å².